The van der Waals surface area contributed by atoms with Gasteiger partial charge in [0, 0.05) is 19.3 Å². The van der Waals surface area contributed by atoms with Gasteiger partial charge in [-0.05, 0) is 148 Å². The minimum Gasteiger partial charge on any atom is -0.463 e. The smallest absolute Gasteiger partial charge is 0.463 e. The summed E-state index contributed by atoms with van der Waals surface area (Å²) < 4.78 is 61.3. The molecule has 5 unspecified atom stereocenters. The average molecular weight is 1590 g/mol. The van der Waals surface area contributed by atoms with E-state index in [0.717, 1.165) is 128 Å². The van der Waals surface area contributed by atoms with Crippen LogP contribution in [0.1, 0.15) is 355 Å². The van der Waals surface area contributed by atoms with E-state index in [1.165, 1.54) is 161 Å². The van der Waals surface area contributed by atoms with Crippen LogP contribution in [0.5, 0.6) is 0 Å². The molecular formula is C93H158O16P2. The lowest BCUT2D eigenvalue weighted by Gasteiger charge is -2.21. The first kappa shape index (κ1) is 106. The Hall–Kier alpha value is -4.83. The van der Waals surface area contributed by atoms with Gasteiger partial charge in [0.25, 0.3) is 0 Å². The maximum absolute atomic E-state index is 13.0. The Labute approximate surface area is 676 Å². The largest absolute Gasteiger partial charge is 0.472 e. The molecule has 111 heavy (non-hydrogen) atoms. The highest BCUT2D eigenvalue weighted by atomic mass is 31.2. The number of hydrogen-bond donors (Lipinski definition) is 4. The zero-order valence-corrected chi connectivity index (χ0v) is 71.6. The molecule has 0 amide bonds. The lowest BCUT2D eigenvalue weighted by molar-refractivity contribution is -0.161. The van der Waals surface area contributed by atoms with Gasteiger partial charge in [-0.2, -0.15) is 0 Å². The second kappa shape index (κ2) is 84.6. The number of ether oxygens (including phenoxy) is 3. The third-order valence-electron chi connectivity index (χ3n) is 18.2. The van der Waals surface area contributed by atoms with Gasteiger partial charge >= 0.3 is 33.6 Å². The van der Waals surface area contributed by atoms with Crippen LogP contribution in [0.25, 0.3) is 0 Å². The van der Waals surface area contributed by atoms with Gasteiger partial charge in [0.2, 0.25) is 0 Å². The maximum atomic E-state index is 13.0. The van der Waals surface area contributed by atoms with Crippen molar-refractivity contribution in [2.45, 2.75) is 373 Å². The summed E-state index contributed by atoms with van der Waals surface area (Å²) in [4.78, 5) is 58.8. The first-order valence-electron chi connectivity index (χ1n) is 43.8. The number of aliphatic hydroxyl groups excluding tert-OH is 2. The molecule has 5 atom stereocenters. The van der Waals surface area contributed by atoms with E-state index in [2.05, 4.69) is 167 Å². The lowest BCUT2D eigenvalue weighted by Crippen LogP contribution is -2.30. The Morgan fingerprint density at radius 1 is 0.261 bits per heavy atom. The van der Waals surface area contributed by atoms with Crippen molar-refractivity contribution in [1.29, 1.82) is 0 Å². The molecule has 636 valence electrons. The lowest BCUT2D eigenvalue weighted by atomic mass is 10.0. The highest BCUT2D eigenvalue weighted by Gasteiger charge is 2.29. The Bertz CT molecular complexity index is 2650. The Balaban J connectivity index is 4.58. The number of unbranched alkanes of at least 4 members (excludes halogenated alkanes) is 33. The molecule has 0 aliphatic heterocycles. The molecule has 0 rings (SSSR count). The second-order valence-corrected chi connectivity index (χ2v) is 31.9. The number of carbonyl (C=O) groups is 3. The molecule has 16 nitrogen and oxygen atoms in total. The molecule has 0 aromatic rings. The Morgan fingerprint density at radius 2 is 0.486 bits per heavy atom. The minimum absolute atomic E-state index is 0.0224. The van der Waals surface area contributed by atoms with Gasteiger partial charge < -0.3 is 34.2 Å². The van der Waals surface area contributed by atoms with Crippen molar-refractivity contribution >= 4 is 33.6 Å². The molecule has 0 bridgehead atoms. The number of phosphoric ester groups is 2. The summed E-state index contributed by atoms with van der Waals surface area (Å²) in [5.74, 6) is -1.64. The van der Waals surface area contributed by atoms with Gasteiger partial charge in [-0.25, -0.2) is 9.13 Å². The van der Waals surface area contributed by atoms with E-state index in [0.29, 0.717) is 25.7 Å². The molecule has 0 fully saturated rings. The first-order chi connectivity index (χ1) is 54.2. The number of carbonyl (C=O) groups excluding carboxylic acids is 3. The van der Waals surface area contributed by atoms with Crippen molar-refractivity contribution in [2.24, 2.45) is 0 Å². The van der Waals surface area contributed by atoms with Gasteiger partial charge in [-0.1, -0.05) is 346 Å². The van der Waals surface area contributed by atoms with Crippen molar-refractivity contribution in [3.63, 3.8) is 0 Å². The van der Waals surface area contributed by atoms with Crippen molar-refractivity contribution in [1.82, 2.24) is 0 Å². The number of hydrogen-bond acceptors (Lipinski definition) is 14. The van der Waals surface area contributed by atoms with Gasteiger partial charge in [0.1, 0.15) is 25.4 Å². The van der Waals surface area contributed by atoms with E-state index in [-0.39, 0.29) is 19.3 Å². The molecule has 0 heterocycles. The first-order valence-corrected chi connectivity index (χ1v) is 46.8. The third kappa shape index (κ3) is 85.9. The van der Waals surface area contributed by atoms with E-state index in [1.54, 1.807) is 0 Å². The molecule has 0 saturated heterocycles. The standard InChI is InChI=1S/C93H158O16P2/c1-4-7-10-13-16-19-22-25-28-31-33-35-37-39-41-43-45-47-49-51-53-56-58-61-64-67-70-73-76-79-91(96)103-82-88(94)83-105-110(99,100)106-84-89(95)85-107-111(101,102)108-87-90(109-93(98)81-78-75-72-69-66-63-60-55-30-27-24-21-18-15-12-9-6-3)86-104-92(97)80-77-74-71-68-65-62-59-57-54-52-50-48-46-44-42-40-38-36-34-32-29-26-23-20-17-14-11-8-5-2/h9,12,16-21,25-30,33-36,39-42,60,63,69,72,88-90,94-95H,4-8,10-11,13-15,22-24,31-32,37-38,43-59,61-62,64-68,70-71,73-87H2,1-3H3,(H,99,100)(H,101,102)/b12-9-,19-16-,20-17-,21-18-,28-25-,29-26-,30-27-,35-33-,36-34-,41-39-,42-40-,63-60-,72-69-. The van der Waals surface area contributed by atoms with Crippen LogP contribution in [0.15, 0.2) is 158 Å². The third-order valence-corrected chi connectivity index (χ3v) is 20.1. The fraction of sp³-hybridized carbons (Fsp3) is 0.688. The van der Waals surface area contributed by atoms with Gasteiger partial charge in [0.05, 0.1) is 26.4 Å². The maximum Gasteiger partial charge on any atom is 0.472 e. The summed E-state index contributed by atoms with van der Waals surface area (Å²) in [6.07, 6.45) is 107. The second-order valence-electron chi connectivity index (χ2n) is 29.0. The number of rotatable bonds is 82. The van der Waals surface area contributed by atoms with Gasteiger partial charge in [-0.15, -0.1) is 0 Å². The monoisotopic (exact) mass is 1590 g/mol. The Kier molecular flexibility index (Phi) is 80.9. The molecule has 0 spiro atoms. The summed E-state index contributed by atoms with van der Waals surface area (Å²) in [5, 5.41) is 20.7. The zero-order valence-electron chi connectivity index (χ0n) is 69.8. The molecule has 0 aliphatic carbocycles. The van der Waals surface area contributed by atoms with Crippen LogP contribution in [0.4, 0.5) is 0 Å². The molecular weight excluding hydrogens is 1430 g/mol. The van der Waals surface area contributed by atoms with Crippen molar-refractivity contribution in [3.05, 3.63) is 158 Å². The minimum atomic E-state index is -4.96. The van der Waals surface area contributed by atoms with Crippen LogP contribution in [0.3, 0.4) is 0 Å². The topological polar surface area (TPSA) is 231 Å². The fourth-order valence-corrected chi connectivity index (χ4v) is 13.2. The van der Waals surface area contributed by atoms with E-state index >= 15 is 0 Å². The Morgan fingerprint density at radius 3 is 0.784 bits per heavy atom. The highest BCUT2D eigenvalue weighted by Crippen LogP contribution is 2.45. The average Bonchev–Trinajstić information content (AvgIpc) is 0.877. The van der Waals surface area contributed by atoms with Crippen LogP contribution in [0.2, 0.25) is 0 Å². The number of phosphoric acid groups is 2. The molecule has 0 saturated carbocycles. The van der Waals surface area contributed by atoms with Gasteiger partial charge in [0.15, 0.2) is 6.10 Å². The number of allylic oxidation sites excluding steroid dienone is 26. The molecule has 0 aromatic heterocycles. The number of esters is 3. The summed E-state index contributed by atoms with van der Waals surface area (Å²) >= 11 is 0. The van der Waals surface area contributed by atoms with Gasteiger partial charge in [-0.3, -0.25) is 32.5 Å². The molecule has 0 radical (unpaired) electrons. The van der Waals surface area contributed by atoms with Crippen molar-refractivity contribution in [2.75, 3.05) is 39.6 Å². The SMILES string of the molecule is CC/C=C\C/C=C\C/C=C\C/C=C\C/C=C\CCCC(=O)OC(COC(=O)CCCCCCCCCCCCCCC/C=C\C/C=C\C/C=C\C/C=C\CCCCC)COP(=O)(O)OCC(O)COP(=O)(O)OCC(O)COC(=O)CCCCCCCCCCCCCCC/C=C\C/C=C\C/C=C\C/C=C\CCCCC. The van der Waals surface area contributed by atoms with Crippen LogP contribution in [-0.4, -0.2) is 95.9 Å². The van der Waals surface area contributed by atoms with E-state index in [9.17, 15) is 43.5 Å². The van der Waals surface area contributed by atoms with Crippen LogP contribution in [0, 0.1) is 0 Å². The normalized spacial score (nSPS) is 14.6. The number of aliphatic hydroxyl groups is 2. The predicted molar refractivity (Wildman–Crippen MR) is 463 cm³/mol. The van der Waals surface area contributed by atoms with Crippen LogP contribution < -0.4 is 0 Å². The van der Waals surface area contributed by atoms with Crippen LogP contribution in [-0.2, 0) is 55.8 Å². The van der Waals surface area contributed by atoms with E-state index in [4.69, 9.17) is 32.3 Å². The predicted octanol–water partition coefficient (Wildman–Crippen LogP) is 26.5. The molecule has 0 aromatic carbocycles. The summed E-state index contributed by atoms with van der Waals surface area (Å²) in [6.45, 7) is 2.47. The van der Waals surface area contributed by atoms with Crippen molar-refractivity contribution in [3.8, 4) is 0 Å². The molecule has 4 N–H and O–H groups in total. The van der Waals surface area contributed by atoms with Crippen LogP contribution >= 0.6 is 15.6 Å². The van der Waals surface area contributed by atoms with Crippen molar-refractivity contribution < 1.29 is 75.8 Å². The quantitative estimate of drug-likeness (QED) is 0.0146. The molecule has 18 heteroatoms. The van der Waals surface area contributed by atoms with E-state index < -0.39 is 91.5 Å². The van der Waals surface area contributed by atoms with E-state index in [1.807, 2.05) is 12.2 Å². The zero-order chi connectivity index (χ0) is 80.8. The summed E-state index contributed by atoms with van der Waals surface area (Å²) in [5.41, 5.74) is 0. The summed E-state index contributed by atoms with van der Waals surface area (Å²) in [7, 11) is -9.82. The summed E-state index contributed by atoms with van der Waals surface area (Å²) in [6, 6.07) is 0. The fourth-order valence-electron chi connectivity index (χ4n) is 11.6. The highest BCUT2D eigenvalue weighted by molar-refractivity contribution is 7.47. The molecule has 0 aliphatic rings.